The summed E-state index contributed by atoms with van der Waals surface area (Å²) in [6.07, 6.45) is 2.13. The largest absolute Gasteiger partial charge is 0.497 e. The summed E-state index contributed by atoms with van der Waals surface area (Å²) in [6.45, 7) is 2.07. The van der Waals surface area contributed by atoms with Gasteiger partial charge in [-0.05, 0) is 31.9 Å². The van der Waals surface area contributed by atoms with Crippen LogP contribution in [0.2, 0.25) is 0 Å². The Bertz CT molecular complexity index is 543. The van der Waals surface area contributed by atoms with Crippen molar-refractivity contribution < 1.29 is 19.2 Å². The number of rotatable bonds is 7. The molecule has 1 fully saturated rings. The lowest BCUT2D eigenvalue weighted by atomic mass is 10.2. The molecule has 6 nitrogen and oxygen atoms in total. The fourth-order valence-corrected chi connectivity index (χ4v) is 2.09. The normalized spacial score (nSPS) is 16.5. The minimum atomic E-state index is -0.253. The molecule has 3 N–H and O–H groups in total. The van der Waals surface area contributed by atoms with Crippen molar-refractivity contribution >= 4 is 17.5 Å². The maximum Gasteiger partial charge on any atom is 0.279 e. The maximum absolute atomic E-state index is 12.1. The van der Waals surface area contributed by atoms with E-state index in [1.807, 2.05) is 26.1 Å². The zero-order chi connectivity index (χ0) is 16.1. The molecule has 1 aliphatic carbocycles. The van der Waals surface area contributed by atoms with Crippen molar-refractivity contribution in [3.05, 3.63) is 24.3 Å². The minimum absolute atomic E-state index is 0.00850. The smallest absolute Gasteiger partial charge is 0.279 e. The van der Waals surface area contributed by atoms with Crippen LogP contribution in [0.25, 0.3) is 0 Å². The molecule has 2 atom stereocenters. The summed E-state index contributed by atoms with van der Waals surface area (Å²) in [5, 5.41) is 5.79. The van der Waals surface area contributed by atoms with Crippen molar-refractivity contribution in [2.75, 3.05) is 26.0 Å². The second-order valence-electron chi connectivity index (χ2n) is 5.81. The molecule has 1 saturated carbocycles. The van der Waals surface area contributed by atoms with Crippen LogP contribution < -0.4 is 20.3 Å². The second-order valence-corrected chi connectivity index (χ2v) is 5.81. The Kier molecular flexibility index (Phi) is 5.38. The van der Waals surface area contributed by atoms with E-state index in [2.05, 4.69) is 10.6 Å². The summed E-state index contributed by atoms with van der Waals surface area (Å²) in [6, 6.07) is 7.29. The third kappa shape index (κ3) is 4.73. The van der Waals surface area contributed by atoms with E-state index < -0.39 is 0 Å². The number of carbonyl (C=O) groups is 2. The molecule has 120 valence electrons. The average Bonchev–Trinajstić information content (AvgIpc) is 3.30. The number of likely N-dealkylation sites (N-methyl/N-ethyl adjacent to an activating group) is 1. The van der Waals surface area contributed by atoms with Gasteiger partial charge in [0.2, 0.25) is 0 Å². The van der Waals surface area contributed by atoms with E-state index >= 15 is 0 Å². The highest BCUT2D eigenvalue weighted by Crippen LogP contribution is 2.18. The van der Waals surface area contributed by atoms with Gasteiger partial charge in [0.25, 0.3) is 11.8 Å². The van der Waals surface area contributed by atoms with Crippen molar-refractivity contribution in [2.45, 2.75) is 31.8 Å². The van der Waals surface area contributed by atoms with Crippen molar-refractivity contribution in [1.82, 2.24) is 5.32 Å². The van der Waals surface area contributed by atoms with Gasteiger partial charge >= 0.3 is 0 Å². The van der Waals surface area contributed by atoms with Crippen molar-refractivity contribution in [2.24, 2.45) is 0 Å². The highest BCUT2D eigenvalue weighted by molar-refractivity contribution is 5.91. The van der Waals surface area contributed by atoms with E-state index in [1.54, 1.807) is 19.2 Å². The van der Waals surface area contributed by atoms with Crippen LogP contribution in [0.1, 0.15) is 19.8 Å². The third-order valence-corrected chi connectivity index (χ3v) is 3.85. The number of benzene rings is 1. The number of nitrogens with one attached hydrogen (secondary N) is 3. The molecule has 2 rings (SSSR count). The molecule has 22 heavy (non-hydrogen) atoms. The number of carbonyl (C=O) groups excluding carboxylic acids is 2. The van der Waals surface area contributed by atoms with E-state index in [9.17, 15) is 9.59 Å². The Hall–Kier alpha value is -2.08. The van der Waals surface area contributed by atoms with Gasteiger partial charge in [0, 0.05) is 17.8 Å². The summed E-state index contributed by atoms with van der Waals surface area (Å²) in [5.41, 5.74) is 0.687. The quantitative estimate of drug-likeness (QED) is 0.654. The molecule has 0 aromatic heterocycles. The lowest BCUT2D eigenvalue weighted by Crippen LogP contribution is -3.15. The standard InChI is InChI=1S/C16H23N3O3/c1-11(16(21)18-12-7-8-12)19(2)10-15(20)17-13-5-4-6-14(9-13)22-3/h4-6,9,11-12H,7-8,10H2,1-3H3,(H,17,20)(H,18,21)/p+1/t11-/m1/s1. The predicted molar refractivity (Wildman–Crippen MR) is 84.0 cm³/mol. The van der Waals surface area contributed by atoms with Crippen LogP contribution in [-0.4, -0.2) is 44.6 Å². The van der Waals surface area contributed by atoms with Gasteiger partial charge in [-0.25, -0.2) is 0 Å². The third-order valence-electron chi connectivity index (χ3n) is 3.85. The van der Waals surface area contributed by atoms with Crippen LogP contribution in [0.5, 0.6) is 5.75 Å². The summed E-state index contributed by atoms with van der Waals surface area (Å²) in [4.78, 5) is 24.9. The van der Waals surface area contributed by atoms with Crippen LogP contribution in [-0.2, 0) is 9.59 Å². The van der Waals surface area contributed by atoms with Crippen LogP contribution in [0.15, 0.2) is 24.3 Å². The van der Waals surface area contributed by atoms with Crippen LogP contribution >= 0.6 is 0 Å². The summed E-state index contributed by atoms with van der Waals surface area (Å²) >= 11 is 0. The van der Waals surface area contributed by atoms with E-state index in [1.165, 1.54) is 0 Å². The van der Waals surface area contributed by atoms with Gasteiger partial charge in [-0.2, -0.15) is 0 Å². The summed E-state index contributed by atoms with van der Waals surface area (Å²) in [5.74, 6) is 0.571. The van der Waals surface area contributed by atoms with Gasteiger partial charge in [-0.3, -0.25) is 9.59 Å². The molecule has 0 radical (unpaired) electrons. The van der Waals surface area contributed by atoms with Crippen molar-refractivity contribution in [3.63, 3.8) is 0 Å². The Morgan fingerprint density at radius 3 is 2.77 bits per heavy atom. The van der Waals surface area contributed by atoms with Gasteiger partial charge < -0.3 is 20.3 Å². The average molecular weight is 306 g/mol. The number of hydrogen-bond donors (Lipinski definition) is 3. The molecule has 0 heterocycles. The number of anilines is 1. The van der Waals surface area contributed by atoms with E-state index in [0.29, 0.717) is 17.5 Å². The number of ether oxygens (including phenoxy) is 1. The molecule has 0 spiro atoms. The summed E-state index contributed by atoms with van der Waals surface area (Å²) in [7, 11) is 3.43. The molecule has 6 heteroatoms. The molecular weight excluding hydrogens is 282 g/mol. The number of hydrogen-bond acceptors (Lipinski definition) is 3. The zero-order valence-electron chi connectivity index (χ0n) is 13.3. The fourth-order valence-electron chi connectivity index (χ4n) is 2.09. The number of amides is 2. The Morgan fingerprint density at radius 2 is 2.14 bits per heavy atom. The maximum atomic E-state index is 12.1. The molecule has 0 saturated heterocycles. The molecule has 1 unspecified atom stereocenters. The second kappa shape index (κ2) is 7.26. The fraction of sp³-hybridized carbons (Fsp3) is 0.500. The topological polar surface area (TPSA) is 71.9 Å². The first kappa shape index (κ1) is 16.3. The summed E-state index contributed by atoms with van der Waals surface area (Å²) < 4.78 is 5.12. The predicted octanol–water partition coefficient (Wildman–Crippen LogP) is -0.184. The highest BCUT2D eigenvalue weighted by atomic mass is 16.5. The first-order valence-corrected chi connectivity index (χ1v) is 7.56. The monoisotopic (exact) mass is 306 g/mol. The molecular formula is C16H24N3O3+. The van der Waals surface area contributed by atoms with E-state index in [4.69, 9.17) is 4.74 Å². The Balaban J connectivity index is 1.83. The van der Waals surface area contributed by atoms with Crippen LogP contribution in [0.3, 0.4) is 0 Å². The lowest BCUT2D eigenvalue weighted by molar-refractivity contribution is -0.885. The zero-order valence-corrected chi connectivity index (χ0v) is 13.3. The van der Waals surface area contributed by atoms with Gasteiger partial charge in [0.05, 0.1) is 14.2 Å². The molecule has 1 aliphatic rings. The van der Waals surface area contributed by atoms with Gasteiger partial charge in [0.15, 0.2) is 12.6 Å². The first-order valence-electron chi connectivity index (χ1n) is 7.56. The minimum Gasteiger partial charge on any atom is -0.497 e. The van der Waals surface area contributed by atoms with Gasteiger partial charge in [-0.15, -0.1) is 0 Å². The van der Waals surface area contributed by atoms with E-state index in [0.717, 1.165) is 17.7 Å². The lowest BCUT2D eigenvalue weighted by Gasteiger charge is -2.20. The highest BCUT2D eigenvalue weighted by Gasteiger charge is 2.29. The molecule has 1 aromatic carbocycles. The van der Waals surface area contributed by atoms with E-state index in [-0.39, 0.29) is 24.4 Å². The Labute approximate surface area is 130 Å². The molecule has 1 aromatic rings. The van der Waals surface area contributed by atoms with Crippen molar-refractivity contribution in [3.8, 4) is 5.75 Å². The van der Waals surface area contributed by atoms with Crippen LogP contribution in [0.4, 0.5) is 5.69 Å². The molecule has 2 amide bonds. The first-order chi connectivity index (χ1) is 10.5. The molecule has 0 aliphatic heterocycles. The van der Waals surface area contributed by atoms with Crippen LogP contribution in [0, 0.1) is 0 Å². The number of quaternary nitrogens is 1. The number of methoxy groups -OCH3 is 1. The van der Waals surface area contributed by atoms with Gasteiger partial charge in [0.1, 0.15) is 5.75 Å². The Morgan fingerprint density at radius 1 is 1.41 bits per heavy atom. The SMILES string of the molecule is COc1cccc(NC(=O)C[NH+](C)[C@H](C)C(=O)NC2CC2)c1. The molecule has 0 bridgehead atoms. The van der Waals surface area contributed by atoms with Crippen molar-refractivity contribution in [1.29, 1.82) is 0 Å². The van der Waals surface area contributed by atoms with Gasteiger partial charge in [-0.1, -0.05) is 6.07 Å².